The number of carbonyl (C=O) groups excluding carboxylic acids is 1. The van der Waals surface area contributed by atoms with Gasteiger partial charge < -0.3 is 10.1 Å². The minimum Gasteiger partial charge on any atom is -0.494 e. The van der Waals surface area contributed by atoms with Crippen LogP contribution in [0.1, 0.15) is 19.5 Å². The smallest absolute Gasteiger partial charge is 0.263 e. The number of para-hydroxylation sites is 2. The van der Waals surface area contributed by atoms with Crippen LogP contribution in [0.15, 0.2) is 41.3 Å². The van der Waals surface area contributed by atoms with E-state index < -0.39 is 0 Å². The van der Waals surface area contributed by atoms with Gasteiger partial charge in [0.05, 0.1) is 19.0 Å². The molecule has 0 fully saturated rings. The minimum absolute atomic E-state index is 0.163. The molecule has 2 N–H and O–H groups in total. The molecule has 0 radical (unpaired) electrons. The molecule has 0 spiro atoms. The van der Waals surface area contributed by atoms with Crippen LogP contribution in [-0.4, -0.2) is 42.5 Å². The molecule has 4 rings (SSSR count). The number of H-pyrrole nitrogens is 1. The topological polar surface area (TPSA) is 120 Å². The van der Waals surface area contributed by atoms with Crippen molar-refractivity contribution in [3.8, 4) is 17.4 Å². The third-order valence-corrected chi connectivity index (χ3v) is 4.55. The molecule has 0 saturated carbocycles. The Morgan fingerprint density at radius 2 is 2.00 bits per heavy atom. The van der Waals surface area contributed by atoms with Crippen LogP contribution in [0.3, 0.4) is 0 Å². The Bertz CT molecular complexity index is 1300. The van der Waals surface area contributed by atoms with Crippen molar-refractivity contribution < 1.29 is 9.53 Å². The Kier molecular flexibility index (Phi) is 4.82. The number of aryl methyl sites for hydroxylation is 1. The molecule has 0 aliphatic carbocycles. The lowest BCUT2D eigenvalue weighted by atomic mass is 10.2. The van der Waals surface area contributed by atoms with Crippen molar-refractivity contribution in [3.05, 3.63) is 52.6 Å². The fourth-order valence-electron chi connectivity index (χ4n) is 3.01. The van der Waals surface area contributed by atoms with Gasteiger partial charge in [0.15, 0.2) is 5.65 Å². The van der Waals surface area contributed by atoms with Gasteiger partial charge in [-0.15, -0.1) is 0 Å². The molecule has 0 aliphatic heterocycles. The number of nitrogens with one attached hydrogen (secondary N) is 2. The van der Waals surface area contributed by atoms with Crippen LogP contribution in [-0.2, 0) is 4.79 Å². The van der Waals surface area contributed by atoms with E-state index in [2.05, 4.69) is 25.5 Å². The third kappa shape index (κ3) is 3.32. The maximum absolute atomic E-state index is 12.7. The quantitative estimate of drug-likeness (QED) is 0.523. The van der Waals surface area contributed by atoms with Gasteiger partial charge >= 0.3 is 0 Å². The number of rotatable bonds is 5. The van der Waals surface area contributed by atoms with Crippen LogP contribution in [0.4, 0.5) is 5.82 Å². The van der Waals surface area contributed by atoms with Gasteiger partial charge in [-0.25, -0.2) is 4.68 Å². The fourth-order valence-corrected chi connectivity index (χ4v) is 3.01. The number of carbonyl (C=O) groups is 1. The largest absolute Gasteiger partial charge is 0.494 e. The summed E-state index contributed by atoms with van der Waals surface area (Å²) in [5.41, 5.74) is 1.28. The summed E-state index contributed by atoms with van der Waals surface area (Å²) >= 11 is 0. The number of fused-ring (bicyclic) bond motifs is 1. The van der Waals surface area contributed by atoms with Crippen LogP contribution < -0.4 is 15.6 Å². The zero-order chi connectivity index (χ0) is 21.4. The van der Waals surface area contributed by atoms with Crippen molar-refractivity contribution >= 4 is 22.8 Å². The van der Waals surface area contributed by atoms with Crippen LogP contribution in [0.2, 0.25) is 0 Å². The van der Waals surface area contributed by atoms with Crippen LogP contribution in [0, 0.1) is 12.8 Å². The number of methoxy groups -OCH3 is 1. The Hall–Kier alpha value is -3.95. The highest BCUT2D eigenvalue weighted by Gasteiger charge is 2.18. The van der Waals surface area contributed by atoms with Gasteiger partial charge in [0.1, 0.15) is 22.6 Å². The molecule has 0 atom stereocenters. The van der Waals surface area contributed by atoms with Crippen molar-refractivity contribution in [2.24, 2.45) is 5.92 Å². The Morgan fingerprint density at radius 3 is 2.73 bits per heavy atom. The highest BCUT2D eigenvalue weighted by Crippen LogP contribution is 2.24. The SMILES string of the molecule is COc1ccccc1-n1ncc2c(=O)[nH]c(-n3nc(C)cc3NC(=O)C(C)C)nc21. The third-order valence-electron chi connectivity index (χ3n) is 4.55. The van der Waals surface area contributed by atoms with Gasteiger partial charge in [-0.05, 0) is 19.1 Å². The molecule has 4 aromatic rings. The number of amides is 1. The highest BCUT2D eigenvalue weighted by molar-refractivity contribution is 5.91. The van der Waals surface area contributed by atoms with Gasteiger partial charge in [0.2, 0.25) is 11.9 Å². The highest BCUT2D eigenvalue weighted by atomic mass is 16.5. The minimum atomic E-state index is -0.370. The molecule has 1 aromatic carbocycles. The lowest BCUT2D eigenvalue weighted by Crippen LogP contribution is -2.21. The first kappa shape index (κ1) is 19.4. The molecule has 1 amide bonds. The summed E-state index contributed by atoms with van der Waals surface area (Å²) in [6.07, 6.45) is 1.45. The molecule has 0 aliphatic rings. The van der Waals surface area contributed by atoms with E-state index in [1.165, 1.54) is 15.6 Å². The molecule has 0 unspecified atom stereocenters. The molecule has 10 heteroatoms. The van der Waals surface area contributed by atoms with E-state index in [-0.39, 0.29) is 23.3 Å². The van der Waals surface area contributed by atoms with Crippen molar-refractivity contribution in [2.75, 3.05) is 12.4 Å². The van der Waals surface area contributed by atoms with Crippen LogP contribution >= 0.6 is 0 Å². The standard InChI is InChI=1S/C20H21N7O3/c1-11(2)18(28)22-16-9-12(3)25-27(16)20-23-17-13(19(29)24-20)10-21-26(17)14-7-5-6-8-15(14)30-4/h5-11H,1-4H3,(H,22,28)(H,23,24,29). The van der Waals surface area contributed by atoms with E-state index in [9.17, 15) is 9.59 Å². The summed E-state index contributed by atoms with van der Waals surface area (Å²) in [5, 5.41) is 11.8. The van der Waals surface area contributed by atoms with E-state index in [4.69, 9.17) is 4.74 Å². The first-order valence-electron chi connectivity index (χ1n) is 9.38. The number of aromatic amines is 1. The van der Waals surface area contributed by atoms with Crippen molar-refractivity contribution in [3.63, 3.8) is 0 Å². The van der Waals surface area contributed by atoms with Crippen LogP contribution in [0.5, 0.6) is 5.75 Å². The summed E-state index contributed by atoms with van der Waals surface area (Å²) in [6.45, 7) is 5.37. The van der Waals surface area contributed by atoms with E-state index in [1.807, 2.05) is 18.2 Å². The second-order valence-corrected chi connectivity index (χ2v) is 7.08. The summed E-state index contributed by atoms with van der Waals surface area (Å²) < 4.78 is 8.35. The average Bonchev–Trinajstić information content (AvgIpc) is 3.31. The van der Waals surface area contributed by atoms with Gasteiger partial charge in [-0.3, -0.25) is 14.6 Å². The second-order valence-electron chi connectivity index (χ2n) is 7.08. The number of benzene rings is 1. The second kappa shape index (κ2) is 7.47. The summed E-state index contributed by atoms with van der Waals surface area (Å²) in [4.78, 5) is 32.2. The van der Waals surface area contributed by atoms with Gasteiger partial charge in [-0.2, -0.15) is 19.9 Å². The zero-order valence-corrected chi connectivity index (χ0v) is 17.0. The Morgan fingerprint density at radius 1 is 1.23 bits per heavy atom. The number of anilines is 1. The summed E-state index contributed by atoms with van der Waals surface area (Å²) in [6, 6.07) is 9.02. The molecule has 3 aromatic heterocycles. The molecule has 154 valence electrons. The molecular formula is C20H21N7O3. The van der Waals surface area contributed by atoms with E-state index >= 15 is 0 Å². The number of hydrogen-bond acceptors (Lipinski definition) is 6. The molecule has 0 bridgehead atoms. The number of aromatic nitrogens is 6. The predicted molar refractivity (Wildman–Crippen MR) is 111 cm³/mol. The Labute approximate surface area is 171 Å². The number of ether oxygens (including phenoxy) is 1. The molecule has 10 nitrogen and oxygen atoms in total. The Balaban J connectivity index is 1.89. The van der Waals surface area contributed by atoms with Crippen LogP contribution in [0.25, 0.3) is 22.7 Å². The first-order valence-corrected chi connectivity index (χ1v) is 9.38. The normalized spacial score (nSPS) is 11.2. The monoisotopic (exact) mass is 407 g/mol. The fraction of sp³-hybridized carbons (Fsp3) is 0.250. The lowest BCUT2D eigenvalue weighted by molar-refractivity contribution is -0.118. The van der Waals surface area contributed by atoms with Gasteiger partial charge in [0.25, 0.3) is 5.56 Å². The summed E-state index contributed by atoms with van der Waals surface area (Å²) in [7, 11) is 1.56. The molecule has 30 heavy (non-hydrogen) atoms. The van der Waals surface area contributed by atoms with Crippen molar-refractivity contribution in [1.82, 2.24) is 29.5 Å². The number of hydrogen-bond donors (Lipinski definition) is 2. The van der Waals surface area contributed by atoms with E-state index in [1.54, 1.807) is 40.0 Å². The molecular weight excluding hydrogens is 386 g/mol. The van der Waals surface area contributed by atoms with E-state index in [0.717, 1.165) is 0 Å². The summed E-state index contributed by atoms with van der Waals surface area (Å²) in [5.74, 6) is 0.785. The van der Waals surface area contributed by atoms with Crippen molar-refractivity contribution in [2.45, 2.75) is 20.8 Å². The van der Waals surface area contributed by atoms with Crippen molar-refractivity contribution in [1.29, 1.82) is 0 Å². The maximum Gasteiger partial charge on any atom is 0.263 e. The maximum atomic E-state index is 12.7. The zero-order valence-electron chi connectivity index (χ0n) is 17.0. The lowest BCUT2D eigenvalue weighted by Gasteiger charge is -2.11. The average molecular weight is 407 g/mol. The van der Waals surface area contributed by atoms with Gasteiger partial charge in [0, 0.05) is 12.0 Å². The molecule has 0 saturated heterocycles. The van der Waals surface area contributed by atoms with Gasteiger partial charge in [-0.1, -0.05) is 26.0 Å². The number of nitrogens with zero attached hydrogens (tertiary/aromatic N) is 5. The molecule has 3 heterocycles. The predicted octanol–water partition coefficient (Wildman–Crippen LogP) is 2.21. The van der Waals surface area contributed by atoms with E-state index in [0.29, 0.717) is 34.0 Å². The first-order chi connectivity index (χ1) is 14.4.